The van der Waals surface area contributed by atoms with Gasteiger partial charge in [0.25, 0.3) is 6.43 Å². The zero-order chi connectivity index (χ0) is 22.7. The van der Waals surface area contributed by atoms with Gasteiger partial charge in [-0.3, -0.25) is 4.40 Å². The van der Waals surface area contributed by atoms with E-state index in [1.807, 2.05) is 6.92 Å². The Morgan fingerprint density at radius 3 is 2.78 bits per heavy atom. The van der Waals surface area contributed by atoms with Crippen molar-refractivity contribution >= 4 is 32.6 Å². The molecule has 0 aromatic carbocycles. The summed E-state index contributed by atoms with van der Waals surface area (Å²) >= 11 is 0.745. The molecule has 0 radical (unpaired) electrons. The quantitative estimate of drug-likeness (QED) is 0.555. The second kappa shape index (κ2) is 7.68. The molecule has 1 atom stereocenters. The molecule has 1 aliphatic carbocycles. The summed E-state index contributed by atoms with van der Waals surface area (Å²) in [6, 6.07) is 1.80. The number of alkyl halides is 2. The maximum Gasteiger partial charge on any atom is 0.291 e. The van der Waals surface area contributed by atoms with Gasteiger partial charge in [0.15, 0.2) is 15.8 Å². The van der Waals surface area contributed by atoms with Gasteiger partial charge in [-0.15, -0.1) is 10.2 Å². The van der Waals surface area contributed by atoms with E-state index in [1.54, 1.807) is 16.7 Å². The lowest BCUT2D eigenvalue weighted by Crippen LogP contribution is -2.50. The van der Waals surface area contributed by atoms with Crippen molar-refractivity contribution < 1.29 is 17.2 Å². The summed E-state index contributed by atoms with van der Waals surface area (Å²) in [4.78, 5) is 6.63. The molecule has 1 aliphatic heterocycles. The summed E-state index contributed by atoms with van der Waals surface area (Å²) in [5, 5.41) is 10.5. The zero-order valence-electron chi connectivity index (χ0n) is 17.5. The number of pyridine rings is 1. The fourth-order valence-electron chi connectivity index (χ4n) is 3.87. The van der Waals surface area contributed by atoms with Gasteiger partial charge in [0.05, 0.1) is 17.4 Å². The minimum Gasteiger partial charge on any atom is -0.364 e. The van der Waals surface area contributed by atoms with E-state index in [9.17, 15) is 17.2 Å². The first kappa shape index (κ1) is 21.6. The van der Waals surface area contributed by atoms with E-state index in [0.717, 1.165) is 43.0 Å². The SMILES string of the molecule is C[C@@H]1CNCCN1c1cc(S(=O)(=O)NC2(C)CC2)cn2c(-c3nnc(C(F)F)s3)ncc12. The molecule has 2 fully saturated rings. The lowest BCUT2D eigenvalue weighted by Gasteiger charge is -2.36. The molecule has 0 amide bonds. The Labute approximate surface area is 187 Å². The number of hydrogen-bond donors (Lipinski definition) is 2. The maximum atomic E-state index is 13.2. The van der Waals surface area contributed by atoms with Gasteiger partial charge < -0.3 is 10.2 Å². The smallest absolute Gasteiger partial charge is 0.291 e. The Bertz CT molecular complexity index is 1270. The standard InChI is InChI=1S/C19H23F2N7O2S2/c1-11-8-22-5-6-27(11)13-7-12(32(29,30)26-19(2)3-4-19)10-28-14(13)9-23-16(28)18-25-24-17(31-18)15(20)21/h7,9-11,15,22,26H,3-6,8H2,1-2H3/t11-/m1/s1. The van der Waals surface area contributed by atoms with Crippen molar-refractivity contribution in [3.05, 3.63) is 23.5 Å². The third kappa shape index (κ3) is 3.87. The van der Waals surface area contributed by atoms with Crippen LogP contribution >= 0.6 is 11.3 Å². The Morgan fingerprint density at radius 2 is 2.12 bits per heavy atom. The fraction of sp³-hybridized carbons (Fsp3) is 0.526. The number of nitrogens with one attached hydrogen (secondary N) is 2. The van der Waals surface area contributed by atoms with Crippen molar-refractivity contribution in [3.8, 4) is 10.8 Å². The van der Waals surface area contributed by atoms with Crippen LogP contribution in [0.4, 0.5) is 14.5 Å². The van der Waals surface area contributed by atoms with Crippen molar-refractivity contribution in [2.75, 3.05) is 24.5 Å². The summed E-state index contributed by atoms with van der Waals surface area (Å²) < 4.78 is 56.9. The Kier molecular flexibility index (Phi) is 5.19. The molecule has 172 valence electrons. The molecule has 4 heterocycles. The lowest BCUT2D eigenvalue weighted by molar-refractivity contribution is 0.150. The third-order valence-electron chi connectivity index (χ3n) is 5.91. The molecule has 13 heteroatoms. The van der Waals surface area contributed by atoms with Gasteiger partial charge >= 0.3 is 0 Å². The summed E-state index contributed by atoms with van der Waals surface area (Å²) in [6.45, 7) is 6.15. The number of piperazine rings is 1. The highest BCUT2D eigenvalue weighted by Crippen LogP contribution is 2.37. The van der Waals surface area contributed by atoms with Crippen molar-refractivity contribution in [1.29, 1.82) is 0 Å². The van der Waals surface area contributed by atoms with Crippen LogP contribution < -0.4 is 14.9 Å². The Morgan fingerprint density at radius 1 is 1.34 bits per heavy atom. The molecule has 2 N–H and O–H groups in total. The van der Waals surface area contributed by atoms with Crippen LogP contribution in [-0.4, -0.2) is 59.2 Å². The van der Waals surface area contributed by atoms with E-state index in [-0.39, 0.29) is 21.8 Å². The monoisotopic (exact) mass is 483 g/mol. The minimum atomic E-state index is -3.80. The van der Waals surface area contributed by atoms with Gasteiger partial charge in [-0.2, -0.15) is 0 Å². The van der Waals surface area contributed by atoms with Gasteiger partial charge in [-0.25, -0.2) is 26.9 Å². The molecule has 1 saturated carbocycles. The Hall–Kier alpha value is -2.22. The van der Waals surface area contributed by atoms with Crippen LogP contribution in [0.2, 0.25) is 0 Å². The van der Waals surface area contributed by atoms with Crippen LogP contribution in [-0.2, 0) is 10.0 Å². The van der Waals surface area contributed by atoms with Crippen molar-refractivity contribution in [2.45, 2.75) is 49.6 Å². The normalized spacial score (nSPS) is 20.9. The van der Waals surface area contributed by atoms with Crippen LogP contribution in [0.5, 0.6) is 0 Å². The van der Waals surface area contributed by atoms with E-state index < -0.39 is 27.0 Å². The van der Waals surface area contributed by atoms with Crippen molar-refractivity contribution in [2.24, 2.45) is 0 Å². The predicted molar refractivity (Wildman–Crippen MR) is 117 cm³/mol. The summed E-state index contributed by atoms with van der Waals surface area (Å²) in [5.74, 6) is 0.281. The summed E-state index contributed by atoms with van der Waals surface area (Å²) in [7, 11) is -3.80. The summed E-state index contributed by atoms with van der Waals surface area (Å²) in [5.41, 5.74) is 0.971. The molecule has 32 heavy (non-hydrogen) atoms. The average molecular weight is 484 g/mol. The largest absolute Gasteiger partial charge is 0.364 e. The molecule has 0 bridgehead atoms. The highest BCUT2D eigenvalue weighted by Gasteiger charge is 2.41. The van der Waals surface area contributed by atoms with E-state index in [4.69, 9.17) is 0 Å². The van der Waals surface area contributed by atoms with Gasteiger partial charge in [-0.05, 0) is 32.8 Å². The first-order valence-electron chi connectivity index (χ1n) is 10.3. The fourth-order valence-corrected chi connectivity index (χ4v) is 6.05. The molecule has 1 saturated heterocycles. The van der Waals surface area contributed by atoms with Crippen molar-refractivity contribution in [3.63, 3.8) is 0 Å². The number of sulfonamides is 1. The molecule has 3 aromatic heterocycles. The number of nitrogens with zero attached hydrogens (tertiary/aromatic N) is 5. The van der Waals surface area contributed by atoms with E-state index in [2.05, 4.69) is 37.0 Å². The second-order valence-electron chi connectivity index (χ2n) is 8.56. The number of fused-ring (bicyclic) bond motifs is 1. The Balaban J connectivity index is 1.68. The molecular weight excluding hydrogens is 460 g/mol. The highest BCUT2D eigenvalue weighted by molar-refractivity contribution is 7.89. The molecule has 0 spiro atoms. The molecule has 5 rings (SSSR count). The number of aromatic nitrogens is 4. The van der Waals surface area contributed by atoms with Crippen LogP contribution in [0.1, 0.15) is 38.1 Å². The second-order valence-corrected chi connectivity index (χ2v) is 11.2. The number of halogens is 2. The summed E-state index contributed by atoms with van der Waals surface area (Å²) in [6.07, 6.45) is 1.94. The molecule has 2 aliphatic rings. The van der Waals surface area contributed by atoms with Gasteiger partial charge in [0, 0.05) is 37.4 Å². The van der Waals surface area contributed by atoms with E-state index in [1.165, 1.54) is 6.20 Å². The van der Waals surface area contributed by atoms with Crippen LogP contribution in [0.3, 0.4) is 0 Å². The molecule has 9 nitrogen and oxygen atoms in total. The maximum absolute atomic E-state index is 13.2. The van der Waals surface area contributed by atoms with Gasteiger partial charge in [0.1, 0.15) is 4.90 Å². The molecular formula is C19H23F2N7O2S2. The molecule has 0 unspecified atom stereocenters. The van der Waals surface area contributed by atoms with E-state index >= 15 is 0 Å². The van der Waals surface area contributed by atoms with E-state index in [0.29, 0.717) is 12.1 Å². The van der Waals surface area contributed by atoms with Crippen molar-refractivity contribution in [1.82, 2.24) is 29.6 Å². The first-order chi connectivity index (χ1) is 15.2. The average Bonchev–Trinajstić information content (AvgIpc) is 3.14. The van der Waals surface area contributed by atoms with Gasteiger partial charge in [-0.1, -0.05) is 11.3 Å². The van der Waals surface area contributed by atoms with Gasteiger partial charge in [0.2, 0.25) is 10.0 Å². The van der Waals surface area contributed by atoms with Crippen LogP contribution in [0.25, 0.3) is 16.3 Å². The minimum absolute atomic E-state index is 0.0942. The molecule has 3 aromatic rings. The topological polar surface area (TPSA) is 105 Å². The lowest BCUT2D eigenvalue weighted by atomic mass is 10.2. The highest BCUT2D eigenvalue weighted by atomic mass is 32.2. The first-order valence-corrected chi connectivity index (χ1v) is 12.6. The number of hydrogen-bond acceptors (Lipinski definition) is 8. The number of imidazole rings is 1. The third-order valence-corrected chi connectivity index (χ3v) is 8.45. The van der Waals surface area contributed by atoms with Crippen LogP contribution in [0, 0.1) is 0 Å². The number of rotatable bonds is 6. The zero-order valence-corrected chi connectivity index (χ0v) is 19.2. The predicted octanol–water partition coefficient (Wildman–Crippen LogP) is 2.42. The van der Waals surface area contributed by atoms with Crippen LogP contribution in [0.15, 0.2) is 23.4 Å². The number of anilines is 1.